The first-order valence-corrected chi connectivity index (χ1v) is 11.1. The highest BCUT2D eigenvalue weighted by Crippen LogP contribution is 2.35. The number of aromatic nitrogens is 1. The Kier molecular flexibility index (Phi) is 3.94. The normalized spacial score (nSPS) is 16.1. The van der Waals surface area contributed by atoms with Gasteiger partial charge in [-0.1, -0.05) is 24.3 Å². The van der Waals surface area contributed by atoms with Crippen molar-refractivity contribution in [2.75, 3.05) is 17.8 Å². The van der Waals surface area contributed by atoms with Crippen LogP contribution in [0.3, 0.4) is 0 Å². The molecule has 7 heteroatoms. The second kappa shape index (κ2) is 6.38. The molecule has 1 fully saturated rings. The number of anilines is 1. The van der Waals surface area contributed by atoms with Gasteiger partial charge in [0, 0.05) is 24.7 Å². The Bertz CT molecular complexity index is 1180. The molecule has 0 saturated carbocycles. The zero-order chi connectivity index (χ0) is 19.3. The van der Waals surface area contributed by atoms with E-state index in [9.17, 15) is 13.2 Å². The number of hydrogen-bond donors (Lipinski definition) is 2. The van der Waals surface area contributed by atoms with Crippen LogP contribution in [-0.2, 0) is 22.9 Å². The van der Waals surface area contributed by atoms with Crippen LogP contribution in [0.4, 0.5) is 5.69 Å². The number of hydrogen-bond acceptors (Lipinski definition) is 3. The van der Waals surface area contributed by atoms with Gasteiger partial charge >= 0.3 is 0 Å². The van der Waals surface area contributed by atoms with Gasteiger partial charge in [0.1, 0.15) is 10.6 Å². The molecule has 2 N–H and O–H groups in total. The summed E-state index contributed by atoms with van der Waals surface area (Å²) < 4.78 is 28.6. The van der Waals surface area contributed by atoms with Crippen molar-refractivity contribution in [3.63, 3.8) is 0 Å². The monoisotopic (exact) mass is 395 g/mol. The van der Waals surface area contributed by atoms with Gasteiger partial charge in [-0.25, -0.2) is 8.42 Å². The Hall–Kier alpha value is -2.80. The highest BCUT2D eigenvalue weighted by molar-refractivity contribution is 7.92. The van der Waals surface area contributed by atoms with Gasteiger partial charge in [0.2, 0.25) is 0 Å². The summed E-state index contributed by atoms with van der Waals surface area (Å²) in [5.41, 5.74) is 3.39. The van der Waals surface area contributed by atoms with Crippen molar-refractivity contribution >= 4 is 32.4 Å². The van der Waals surface area contributed by atoms with Gasteiger partial charge in [0.25, 0.3) is 15.9 Å². The summed E-state index contributed by atoms with van der Waals surface area (Å²) in [7, 11) is -3.80. The fourth-order valence-electron chi connectivity index (χ4n) is 4.28. The van der Waals surface area contributed by atoms with Gasteiger partial charge in [-0.15, -0.1) is 0 Å². The number of nitrogens with one attached hydrogen (secondary N) is 2. The van der Waals surface area contributed by atoms with Gasteiger partial charge in [0.05, 0.1) is 5.69 Å². The molecular formula is C21H21N3O3S. The number of aromatic amines is 1. The molecule has 0 atom stereocenters. The lowest BCUT2D eigenvalue weighted by atomic mass is 10.0. The maximum absolute atomic E-state index is 12.9. The SMILES string of the molecule is O=C(c1cc(S(=O)(=O)Nc2ccc3c4c(cccc24)CC3)c[nH]1)N1CCCC1. The Morgan fingerprint density at radius 3 is 2.57 bits per heavy atom. The van der Waals surface area contributed by atoms with Gasteiger partial charge < -0.3 is 9.88 Å². The quantitative estimate of drug-likeness (QED) is 0.711. The summed E-state index contributed by atoms with van der Waals surface area (Å²) in [6.45, 7) is 1.44. The zero-order valence-corrected chi connectivity index (χ0v) is 16.2. The van der Waals surface area contributed by atoms with Crippen LogP contribution in [0.25, 0.3) is 10.8 Å². The first kappa shape index (κ1) is 17.3. The lowest BCUT2D eigenvalue weighted by Crippen LogP contribution is -2.27. The molecule has 2 aliphatic rings. The predicted octanol–water partition coefficient (Wildman–Crippen LogP) is 3.30. The van der Waals surface area contributed by atoms with E-state index in [2.05, 4.69) is 15.8 Å². The fourth-order valence-corrected chi connectivity index (χ4v) is 5.36. The van der Waals surface area contributed by atoms with Crippen molar-refractivity contribution in [3.05, 3.63) is 59.4 Å². The van der Waals surface area contributed by atoms with E-state index in [1.165, 1.54) is 23.4 Å². The molecule has 3 aromatic rings. The molecule has 1 aromatic heterocycles. The molecule has 5 rings (SSSR count). The standard InChI is InChI=1S/C21H21N3O3S/c25-21(24-10-1-2-11-24)19-12-16(13-22-19)28(26,27)23-18-9-8-15-7-6-14-4-3-5-17(18)20(14)15/h3-5,8-9,12-13,22-23H,1-2,6-7,10-11H2. The molecule has 28 heavy (non-hydrogen) atoms. The number of rotatable bonds is 4. The smallest absolute Gasteiger partial charge is 0.270 e. The molecule has 1 aliphatic heterocycles. The fraction of sp³-hybridized carbons (Fsp3) is 0.286. The summed E-state index contributed by atoms with van der Waals surface area (Å²) in [4.78, 5) is 17.1. The summed E-state index contributed by atoms with van der Waals surface area (Å²) in [6.07, 6.45) is 5.34. The van der Waals surface area contributed by atoms with Crippen LogP contribution in [0.5, 0.6) is 0 Å². The van der Waals surface area contributed by atoms with Crippen molar-refractivity contribution in [2.45, 2.75) is 30.6 Å². The topological polar surface area (TPSA) is 82.3 Å². The number of benzene rings is 2. The highest BCUT2D eigenvalue weighted by atomic mass is 32.2. The Morgan fingerprint density at radius 2 is 1.79 bits per heavy atom. The molecule has 0 spiro atoms. The number of sulfonamides is 1. The minimum absolute atomic E-state index is 0.0679. The number of amides is 1. The minimum atomic E-state index is -3.80. The lowest BCUT2D eigenvalue weighted by Gasteiger charge is -2.13. The molecule has 6 nitrogen and oxygen atoms in total. The average Bonchev–Trinajstić information content (AvgIpc) is 3.45. The van der Waals surface area contributed by atoms with E-state index in [4.69, 9.17) is 0 Å². The van der Waals surface area contributed by atoms with Gasteiger partial charge in [-0.2, -0.15) is 0 Å². The molecule has 1 amide bonds. The molecule has 0 bridgehead atoms. The summed E-state index contributed by atoms with van der Waals surface area (Å²) in [5, 5.41) is 2.07. The molecule has 0 unspecified atom stereocenters. The van der Waals surface area contributed by atoms with Gasteiger partial charge in [0.15, 0.2) is 0 Å². The van der Waals surface area contributed by atoms with E-state index in [1.807, 2.05) is 24.3 Å². The van der Waals surface area contributed by atoms with Gasteiger partial charge in [-0.05, 0) is 54.3 Å². The summed E-state index contributed by atoms with van der Waals surface area (Å²) in [5.74, 6) is -0.149. The van der Waals surface area contributed by atoms with Crippen LogP contribution in [0.1, 0.15) is 34.5 Å². The molecular weight excluding hydrogens is 374 g/mol. The number of carbonyl (C=O) groups is 1. The minimum Gasteiger partial charge on any atom is -0.356 e. The predicted molar refractivity (Wildman–Crippen MR) is 108 cm³/mol. The molecule has 1 saturated heterocycles. The number of carbonyl (C=O) groups excluding carboxylic acids is 1. The Morgan fingerprint density at radius 1 is 1.04 bits per heavy atom. The van der Waals surface area contributed by atoms with E-state index in [1.54, 1.807) is 4.90 Å². The van der Waals surface area contributed by atoms with Crippen LogP contribution < -0.4 is 4.72 Å². The van der Waals surface area contributed by atoms with Crippen LogP contribution in [0.2, 0.25) is 0 Å². The van der Waals surface area contributed by atoms with E-state index in [-0.39, 0.29) is 10.8 Å². The Balaban J connectivity index is 1.46. The maximum Gasteiger partial charge on any atom is 0.270 e. The first-order valence-electron chi connectivity index (χ1n) is 9.57. The number of nitrogens with zero attached hydrogens (tertiary/aromatic N) is 1. The second-order valence-electron chi connectivity index (χ2n) is 7.47. The molecule has 1 aliphatic carbocycles. The average molecular weight is 395 g/mol. The van der Waals surface area contributed by atoms with E-state index in [0.29, 0.717) is 11.4 Å². The van der Waals surface area contributed by atoms with Crippen LogP contribution in [0, 0.1) is 0 Å². The third-order valence-electron chi connectivity index (χ3n) is 5.71. The molecule has 0 radical (unpaired) electrons. The second-order valence-corrected chi connectivity index (χ2v) is 9.15. The van der Waals surface area contributed by atoms with Crippen LogP contribution in [-0.4, -0.2) is 37.3 Å². The number of H-pyrrole nitrogens is 1. The van der Waals surface area contributed by atoms with Crippen LogP contribution in [0.15, 0.2) is 47.5 Å². The third-order valence-corrected chi connectivity index (χ3v) is 7.06. The van der Waals surface area contributed by atoms with Crippen molar-refractivity contribution in [2.24, 2.45) is 0 Å². The molecule has 2 heterocycles. The van der Waals surface area contributed by atoms with Crippen molar-refractivity contribution in [1.29, 1.82) is 0 Å². The van der Waals surface area contributed by atoms with Crippen molar-refractivity contribution < 1.29 is 13.2 Å². The van der Waals surface area contributed by atoms with Crippen molar-refractivity contribution in [1.82, 2.24) is 9.88 Å². The van der Waals surface area contributed by atoms with Gasteiger partial charge in [-0.3, -0.25) is 9.52 Å². The molecule has 2 aromatic carbocycles. The van der Waals surface area contributed by atoms with E-state index >= 15 is 0 Å². The number of likely N-dealkylation sites (tertiary alicyclic amines) is 1. The summed E-state index contributed by atoms with van der Waals surface area (Å²) >= 11 is 0. The number of aryl methyl sites for hydroxylation is 2. The first-order chi connectivity index (χ1) is 13.5. The zero-order valence-electron chi connectivity index (χ0n) is 15.4. The Labute approximate surface area is 163 Å². The van der Waals surface area contributed by atoms with E-state index < -0.39 is 10.0 Å². The maximum atomic E-state index is 12.9. The third kappa shape index (κ3) is 2.77. The van der Waals surface area contributed by atoms with Crippen LogP contribution >= 0.6 is 0 Å². The lowest BCUT2D eigenvalue weighted by molar-refractivity contribution is 0.0787. The summed E-state index contributed by atoms with van der Waals surface area (Å²) in [6, 6.07) is 11.3. The largest absolute Gasteiger partial charge is 0.356 e. The van der Waals surface area contributed by atoms with E-state index in [0.717, 1.165) is 49.5 Å². The van der Waals surface area contributed by atoms with Crippen molar-refractivity contribution in [3.8, 4) is 0 Å². The highest BCUT2D eigenvalue weighted by Gasteiger charge is 2.24. The molecule has 144 valence electrons.